The lowest BCUT2D eigenvalue weighted by molar-refractivity contribution is -0.384. The van der Waals surface area contributed by atoms with Crippen LogP contribution in [-0.4, -0.2) is 4.92 Å². The van der Waals surface area contributed by atoms with Crippen LogP contribution in [-0.2, 0) is 6.18 Å². The number of fused-ring (bicyclic) bond motifs is 1. The molecule has 6 nitrogen and oxygen atoms in total. The molecule has 0 saturated heterocycles. The summed E-state index contributed by atoms with van der Waals surface area (Å²) in [6.07, 6.45) is -4.47. The first-order valence-corrected chi connectivity index (χ1v) is 6.81. The Morgan fingerprint density at radius 3 is 2.32 bits per heavy atom. The van der Waals surface area contributed by atoms with Crippen molar-refractivity contribution in [1.29, 1.82) is 0 Å². The minimum atomic E-state index is -4.47. The van der Waals surface area contributed by atoms with Crippen molar-refractivity contribution >= 4 is 16.7 Å². The number of benzene rings is 2. The van der Waals surface area contributed by atoms with Gasteiger partial charge in [0.25, 0.3) is 5.69 Å². The number of nitro benzene ring substituents is 1. The van der Waals surface area contributed by atoms with Gasteiger partial charge in [0.2, 0.25) is 0 Å². The molecule has 0 aliphatic carbocycles. The minimum Gasteiger partial charge on any atom is -0.456 e. The summed E-state index contributed by atoms with van der Waals surface area (Å²) in [7, 11) is 0. The fraction of sp³-hybridized carbons (Fsp3) is 0.0625. The SMILES string of the molecule is O=c1cc(Oc2ccc(C(F)(F)F)cc2)c2ccc([N+](=O)[O-])cc2o1. The fourth-order valence-corrected chi connectivity index (χ4v) is 2.16. The van der Waals surface area contributed by atoms with Crippen LogP contribution in [0.2, 0.25) is 0 Å². The molecule has 2 aromatic carbocycles. The molecule has 0 aliphatic rings. The van der Waals surface area contributed by atoms with Gasteiger partial charge < -0.3 is 9.15 Å². The Bertz CT molecular complexity index is 1010. The average Bonchev–Trinajstić information content (AvgIpc) is 2.53. The van der Waals surface area contributed by atoms with Crippen LogP contribution >= 0.6 is 0 Å². The quantitative estimate of drug-likeness (QED) is 0.394. The van der Waals surface area contributed by atoms with Crippen LogP contribution in [0.5, 0.6) is 11.5 Å². The van der Waals surface area contributed by atoms with E-state index >= 15 is 0 Å². The lowest BCUT2D eigenvalue weighted by Gasteiger charge is -2.10. The number of nitro groups is 1. The van der Waals surface area contributed by atoms with Gasteiger partial charge in [-0.1, -0.05) is 0 Å². The largest absolute Gasteiger partial charge is 0.456 e. The first-order valence-electron chi connectivity index (χ1n) is 6.81. The maximum atomic E-state index is 12.6. The highest BCUT2D eigenvalue weighted by molar-refractivity contribution is 5.85. The summed E-state index contributed by atoms with van der Waals surface area (Å²) in [6, 6.07) is 8.49. The fourth-order valence-electron chi connectivity index (χ4n) is 2.16. The first-order chi connectivity index (χ1) is 11.7. The summed E-state index contributed by atoms with van der Waals surface area (Å²) in [5.74, 6) is 0.0826. The third-order valence-electron chi connectivity index (χ3n) is 3.31. The van der Waals surface area contributed by atoms with E-state index in [4.69, 9.17) is 9.15 Å². The summed E-state index contributed by atoms with van der Waals surface area (Å²) in [5.41, 5.74) is -1.99. The van der Waals surface area contributed by atoms with E-state index in [0.717, 1.165) is 36.4 Å². The van der Waals surface area contributed by atoms with Crippen LogP contribution in [0, 0.1) is 10.1 Å². The van der Waals surface area contributed by atoms with E-state index in [0.29, 0.717) is 0 Å². The Balaban J connectivity index is 2.01. The highest BCUT2D eigenvalue weighted by Crippen LogP contribution is 2.33. The van der Waals surface area contributed by atoms with Crippen molar-refractivity contribution in [2.45, 2.75) is 6.18 Å². The molecule has 0 atom stereocenters. The summed E-state index contributed by atoms with van der Waals surface area (Å²) in [4.78, 5) is 21.7. The second-order valence-corrected chi connectivity index (χ2v) is 4.99. The van der Waals surface area contributed by atoms with Gasteiger partial charge in [-0.3, -0.25) is 10.1 Å². The number of halogens is 3. The van der Waals surface area contributed by atoms with Crippen molar-refractivity contribution in [3.05, 3.63) is 74.6 Å². The van der Waals surface area contributed by atoms with Gasteiger partial charge in [-0.05, 0) is 30.3 Å². The molecule has 0 fully saturated rings. The van der Waals surface area contributed by atoms with Crippen LogP contribution in [0.25, 0.3) is 11.0 Å². The molecule has 0 N–H and O–H groups in total. The third kappa shape index (κ3) is 3.44. The Hall–Kier alpha value is -3.36. The molecule has 1 aromatic heterocycles. The Labute approximate surface area is 137 Å². The molecule has 0 saturated carbocycles. The molecule has 128 valence electrons. The van der Waals surface area contributed by atoms with Crippen LogP contribution in [0.4, 0.5) is 18.9 Å². The van der Waals surface area contributed by atoms with Gasteiger partial charge in [-0.25, -0.2) is 4.79 Å². The van der Waals surface area contributed by atoms with Crippen molar-refractivity contribution in [3.8, 4) is 11.5 Å². The predicted molar refractivity (Wildman–Crippen MR) is 80.7 cm³/mol. The molecule has 0 aliphatic heterocycles. The third-order valence-corrected chi connectivity index (χ3v) is 3.31. The number of rotatable bonds is 3. The molecule has 0 amide bonds. The molecule has 3 aromatic rings. The van der Waals surface area contributed by atoms with E-state index in [1.54, 1.807) is 0 Å². The Morgan fingerprint density at radius 2 is 1.72 bits per heavy atom. The number of ether oxygens (including phenoxy) is 1. The summed E-state index contributed by atoms with van der Waals surface area (Å²) in [6.45, 7) is 0. The zero-order valence-corrected chi connectivity index (χ0v) is 12.2. The number of non-ortho nitro benzene ring substituents is 1. The lowest BCUT2D eigenvalue weighted by atomic mass is 10.2. The molecule has 0 unspecified atom stereocenters. The standard InChI is InChI=1S/C16H8F3NO5/c17-16(18,19)9-1-4-11(5-2-9)24-14-8-15(21)25-13-7-10(20(22)23)3-6-12(13)14/h1-8H. The van der Waals surface area contributed by atoms with E-state index in [9.17, 15) is 28.1 Å². The zero-order chi connectivity index (χ0) is 18.2. The summed E-state index contributed by atoms with van der Waals surface area (Å²) < 4.78 is 48.0. The smallest absolute Gasteiger partial charge is 0.416 e. The summed E-state index contributed by atoms with van der Waals surface area (Å²) >= 11 is 0. The van der Waals surface area contributed by atoms with Crippen molar-refractivity contribution in [1.82, 2.24) is 0 Å². The number of hydrogen-bond donors (Lipinski definition) is 0. The first kappa shape index (κ1) is 16.5. The maximum Gasteiger partial charge on any atom is 0.416 e. The number of alkyl halides is 3. The van der Waals surface area contributed by atoms with E-state index < -0.39 is 22.3 Å². The zero-order valence-electron chi connectivity index (χ0n) is 12.2. The van der Waals surface area contributed by atoms with E-state index in [-0.39, 0.29) is 28.2 Å². The summed E-state index contributed by atoms with van der Waals surface area (Å²) in [5, 5.41) is 11.0. The monoisotopic (exact) mass is 351 g/mol. The van der Waals surface area contributed by atoms with E-state index in [1.807, 2.05) is 0 Å². The van der Waals surface area contributed by atoms with Gasteiger partial charge in [-0.15, -0.1) is 0 Å². The van der Waals surface area contributed by atoms with Crippen LogP contribution in [0.1, 0.15) is 5.56 Å². The minimum absolute atomic E-state index is 0.0147. The Kier molecular flexibility index (Phi) is 3.91. The second kappa shape index (κ2) is 5.93. The molecular weight excluding hydrogens is 343 g/mol. The van der Waals surface area contributed by atoms with Crippen molar-refractivity contribution < 1.29 is 27.2 Å². The highest BCUT2D eigenvalue weighted by Gasteiger charge is 2.30. The van der Waals surface area contributed by atoms with Crippen LogP contribution < -0.4 is 10.4 Å². The van der Waals surface area contributed by atoms with Gasteiger partial charge in [0.05, 0.1) is 28.0 Å². The van der Waals surface area contributed by atoms with Gasteiger partial charge >= 0.3 is 11.8 Å². The Morgan fingerprint density at radius 1 is 1.04 bits per heavy atom. The number of nitrogens with zero attached hydrogens (tertiary/aromatic N) is 1. The van der Waals surface area contributed by atoms with Gasteiger partial charge in [0, 0.05) is 6.07 Å². The van der Waals surface area contributed by atoms with Crippen molar-refractivity contribution in [2.75, 3.05) is 0 Å². The maximum absolute atomic E-state index is 12.6. The average molecular weight is 351 g/mol. The van der Waals surface area contributed by atoms with E-state index in [2.05, 4.69) is 0 Å². The van der Waals surface area contributed by atoms with Crippen LogP contribution in [0.15, 0.2) is 57.7 Å². The molecule has 9 heteroatoms. The highest BCUT2D eigenvalue weighted by atomic mass is 19.4. The second-order valence-electron chi connectivity index (χ2n) is 4.99. The van der Waals surface area contributed by atoms with Crippen molar-refractivity contribution in [3.63, 3.8) is 0 Å². The molecule has 0 spiro atoms. The lowest BCUT2D eigenvalue weighted by Crippen LogP contribution is -2.04. The van der Waals surface area contributed by atoms with Crippen LogP contribution in [0.3, 0.4) is 0 Å². The number of hydrogen-bond acceptors (Lipinski definition) is 5. The molecule has 0 radical (unpaired) electrons. The topological polar surface area (TPSA) is 82.6 Å². The van der Waals surface area contributed by atoms with E-state index in [1.165, 1.54) is 12.1 Å². The molecule has 25 heavy (non-hydrogen) atoms. The predicted octanol–water partition coefficient (Wildman–Crippen LogP) is 4.51. The molecule has 1 heterocycles. The molecular formula is C16H8F3NO5. The van der Waals surface area contributed by atoms with Gasteiger partial charge in [0.15, 0.2) is 0 Å². The van der Waals surface area contributed by atoms with Gasteiger partial charge in [-0.2, -0.15) is 13.2 Å². The molecule has 0 bridgehead atoms. The molecule has 3 rings (SSSR count). The van der Waals surface area contributed by atoms with Gasteiger partial charge in [0.1, 0.15) is 17.1 Å². The normalized spacial score (nSPS) is 11.5. The van der Waals surface area contributed by atoms with Crippen molar-refractivity contribution in [2.24, 2.45) is 0 Å².